The Kier molecular flexibility index (Phi) is 12.9. The molecule has 210 valence electrons. The summed E-state index contributed by atoms with van der Waals surface area (Å²) in [5.41, 5.74) is 2.90. The lowest BCUT2D eigenvalue weighted by atomic mass is 10.1. The average Bonchev–Trinajstić information content (AvgIpc) is 3.28. The summed E-state index contributed by atoms with van der Waals surface area (Å²) < 4.78 is 12.5. The second-order valence-electron chi connectivity index (χ2n) is 8.21. The summed E-state index contributed by atoms with van der Waals surface area (Å²) in [6.07, 6.45) is -1.43. The van der Waals surface area contributed by atoms with Gasteiger partial charge < -0.3 is 30.1 Å². The topological polar surface area (TPSA) is 156 Å². The first kappa shape index (κ1) is 31.0. The zero-order chi connectivity index (χ0) is 28.1. The number of ether oxygens (including phenoxy) is 2. The average molecular weight is 553 g/mol. The van der Waals surface area contributed by atoms with E-state index in [2.05, 4.69) is 10.6 Å². The van der Waals surface area contributed by atoms with E-state index in [1.54, 1.807) is 27.7 Å². The van der Waals surface area contributed by atoms with Crippen LogP contribution in [0.3, 0.4) is 0 Å². The Morgan fingerprint density at radius 2 is 1.76 bits per heavy atom. The summed E-state index contributed by atoms with van der Waals surface area (Å²) in [5.74, 6) is -2.67. The van der Waals surface area contributed by atoms with Crippen LogP contribution in [0.5, 0.6) is 0 Å². The van der Waals surface area contributed by atoms with Crippen LogP contribution in [0.15, 0.2) is 29.6 Å². The molecule has 0 saturated heterocycles. The molecule has 1 aromatic carbocycles. The number of fused-ring (bicyclic) bond motifs is 1. The van der Waals surface area contributed by atoms with Gasteiger partial charge in [0.05, 0.1) is 12.5 Å². The summed E-state index contributed by atoms with van der Waals surface area (Å²) in [5, 5.41) is 17.2. The molecule has 0 aliphatic heterocycles. The second-order valence-corrected chi connectivity index (χ2v) is 9.12. The molecule has 4 amide bonds. The highest BCUT2D eigenvalue weighted by molar-refractivity contribution is 7.17. The Labute approximate surface area is 225 Å². The van der Waals surface area contributed by atoms with Gasteiger partial charge in [-0.3, -0.25) is 19.2 Å². The number of carboxylic acid groups (broad SMARTS) is 1. The number of carbonyl (C=O) groups excluding carboxylic acids is 3. The largest absolute Gasteiger partial charge is 0.481 e. The van der Waals surface area contributed by atoms with Gasteiger partial charge in [0.15, 0.2) is 12.9 Å². The van der Waals surface area contributed by atoms with E-state index in [0.717, 1.165) is 15.6 Å². The zero-order valence-corrected chi connectivity index (χ0v) is 22.8. The van der Waals surface area contributed by atoms with Crippen LogP contribution < -0.4 is 16.1 Å². The van der Waals surface area contributed by atoms with E-state index < -0.39 is 55.2 Å². The van der Waals surface area contributed by atoms with Crippen molar-refractivity contribution in [1.82, 2.24) is 21.0 Å². The maximum atomic E-state index is 13.8. The van der Waals surface area contributed by atoms with Crippen molar-refractivity contribution in [3.05, 3.63) is 35.2 Å². The first-order valence-corrected chi connectivity index (χ1v) is 13.2. The molecule has 1 aromatic heterocycles. The van der Waals surface area contributed by atoms with Crippen molar-refractivity contribution in [1.29, 1.82) is 0 Å². The van der Waals surface area contributed by atoms with Crippen molar-refractivity contribution >= 4 is 45.2 Å². The fourth-order valence-electron chi connectivity index (χ4n) is 3.74. The van der Waals surface area contributed by atoms with Crippen LogP contribution in [-0.2, 0) is 35.2 Å². The summed E-state index contributed by atoms with van der Waals surface area (Å²) in [7, 11) is 0. The third-order valence-electron chi connectivity index (χ3n) is 5.45. The molecule has 1 unspecified atom stereocenters. The number of hydrogen-bond donors (Lipinski definition) is 4. The number of thiophene rings is 1. The number of hydroxylamine groups is 1. The Morgan fingerprint density at radius 3 is 2.39 bits per heavy atom. The molecule has 0 aliphatic rings. The van der Waals surface area contributed by atoms with Gasteiger partial charge in [0.1, 0.15) is 6.04 Å². The number of urea groups is 1. The zero-order valence-electron chi connectivity index (χ0n) is 22.0. The number of nitrogens with one attached hydrogen (secondary N) is 3. The van der Waals surface area contributed by atoms with E-state index in [1.165, 1.54) is 16.2 Å². The van der Waals surface area contributed by atoms with Crippen LogP contribution in [0.2, 0.25) is 0 Å². The molecular weight excluding hydrogens is 516 g/mol. The van der Waals surface area contributed by atoms with Crippen molar-refractivity contribution in [3.63, 3.8) is 0 Å². The van der Waals surface area contributed by atoms with E-state index in [-0.39, 0.29) is 6.54 Å². The second kappa shape index (κ2) is 15.9. The van der Waals surface area contributed by atoms with E-state index in [4.69, 9.17) is 14.3 Å². The first-order chi connectivity index (χ1) is 18.2. The van der Waals surface area contributed by atoms with Crippen molar-refractivity contribution in [2.75, 3.05) is 26.4 Å². The minimum absolute atomic E-state index is 0.141. The maximum absolute atomic E-state index is 13.8. The molecule has 2 atom stereocenters. The highest BCUT2D eigenvalue weighted by atomic mass is 32.1. The van der Waals surface area contributed by atoms with E-state index in [0.29, 0.717) is 19.8 Å². The van der Waals surface area contributed by atoms with Gasteiger partial charge >= 0.3 is 12.0 Å². The highest BCUT2D eigenvalue weighted by Crippen LogP contribution is 2.28. The molecule has 13 heteroatoms. The molecule has 2 rings (SSSR count). The quantitative estimate of drug-likeness (QED) is 0.183. The molecule has 0 radical (unpaired) electrons. The first-order valence-electron chi connectivity index (χ1n) is 12.4. The third-order valence-corrected chi connectivity index (χ3v) is 6.46. The van der Waals surface area contributed by atoms with Gasteiger partial charge in [-0.05, 0) is 50.1 Å². The van der Waals surface area contributed by atoms with Crippen molar-refractivity contribution in [3.8, 4) is 0 Å². The van der Waals surface area contributed by atoms with Crippen LogP contribution in [0.25, 0.3) is 10.1 Å². The number of benzene rings is 1. The standard InChI is InChI=1S/C25H36N4O8S/c1-5-26-25(34)28-37-14-21(30)27-19(12-22(31)32)23(33)29(16(4)24(35-6-2)36-7-3)13-17-15-38-20-11-9-8-10-18(17)20/h8-11,15-16,19,24H,5-7,12-14H2,1-4H3,(H,27,30)(H,31,32)(H2,26,28,34)/t16-,19?/m0/s1. The summed E-state index contributed by atoms with van der Waals surface area (Å²) in [6, 6.07) is 5.10. The highest BCUT2D eigenvalue weighted by Gasteiger charge is 2.35. The molecule has 2 aromatic rings. The molecule has 12 nitrogen and oxygen atoms in total. The molecular formula is C25H36N4O8S. The van der Waals surface area contributed by atoms with Crippen LogP contribution >= 0.6 is 11.3 Å². The Hall–Kier alpha value is -3.26. The predicted molar refractivity (Wildman–Crippen MR) is 141 cm³/mol. The van der Waals surface area contributed by atoms with Crippen LogP contribution in [0.4, 0.5) is 4.79 Å². The molecule has 1 heterocycles. The molecule has 0 saturated carbocycles. The van der Waals surface area contributed by atoms with Gasteiger partial charge in [-0.25, -0.2) is 10.3 Å². The number of carbonyl (C=O) groups is 4. The lowest BCUT2D eigenvalue weighted by Gasteiger charge is -2.36. The normalized spacial score (nSPS) is 12.7. The van der Waals surface area contributed by atoms with E-state index >= 15 is 0 Å². The fourth-order valence-corrected chi connectivity index (χ4v) is 4.69. The smallest absolute Gasteiger partial charge is 0.338 e. The van der Waals surface area contributed by atoms with Gasteiger partial charge in [0.2, 0.25) is 11.8 Å². The molecule has 38 heavy (non-hydrogen) atoms. The van der Waals surface area contributed by atoms with Crippen molar-refractivity contribution in [2.24, 2.45) is 0 Å². The van der Waals surface area contributed by atoms with Gasteiger partial charge in [-0.15, -0.1) is 11.3 Å². The van der Waals surface area contributed by atoms with E-state index in [1.807, 2.05) is 35.1 Å². The number of hydrogen-bond acceptors (Lipinski definition) is 8. The summed E-state index contributed by atoms with van der Waals surface area (Å²) >= 11 is 1.53. The van der Waals surface area contributed by atoms with Gasteiger partial charge in [0.25, 0.3) is 0 Å². The fraction of sp³-hybridized carbons (Fsp3) is 0.520. The third kappa shape index (κ3) is 9.24. The molecule has 0 spiro atoms. The minimum atomic E-state index is -1.40. The van der Waals surface area contributed by atoms with Crippen molar-refractivity contribution < 1.29 is 38.6 Å². The Bertz CT molecular complexity index is 1070. The Morgan fingerprint density at radius 1 is 1.08 bits per heavy atom. The van der Waals surface area contributed by atoms with Crippen molar-refractivity contribution in [2.45, 2.75) is 59.0 Å². The lowest BCUT2D eigenvalue weighted by Crippen LogP contribution is -2.55. The van der Waals surface area contributed by atoms with Gasteiger partial charge in [0, 0.05) is 31.0 Å². The Balaban J connectivity index is 2.30. The molecule has 0 aliphatic carbocycles. The summed E-state index contributed by atoms with van der Waals surface area (Å²) in [4.78, 5) is 55.7. The molecule has 0 fully saturated rings. The number of amides is 4. The number of nitrogens with zero attached hydrogens (tertiary/aromatic N) is 1. The molecule has 0 bridgehead atoms. The SMILES string of the molecule is CCNC(=O)NOCC(=O)NC(CC(=O)O)C(=O)N(Cc1csc2ccccc12)[C@@H](C)C(OCC)OCC. The predicted octanol–water partition coefficient (Wildman–Crippen LogP) is 2.23. The maximum Gasteiger partial charge on any atom is 0.338 e. The van der Waals surface area contributed by atoms with Gasteiger partial charge in [-0.2, -0.15) is 0 Å². The van der Waals surface area contributed by atoms with Crippen LogP contribution in [0, 0.1) is 0 Å². The minimum Gasteiger partial charge on any atom is -0.481 e. The molecule has 4 N–H and O–H groups in total. The monoisotopic (exact) mass is 552 g/mol. The summed E-state index contributed by atoms with van der Waals surface area (Å²) in [6.45, 7) is 7.62. The lowest BCUT2D eigenvalue weighted by molar-refractivity contribution is -0.180. The number of aliphatic carboxylic acids is 1. The van der Waals surface area contributed by atoms with Crippen LogP contribution in [-0.4, -0.2) is 78.6 Å². The number of rotatable bonds is 16. The van der Waals surface area contributed by atoms with E-state index in [9.17, 15) is 24.3 Å². The van der Waals surface area contributed by atoms with Gasteiger partial charge in [-0.1, -0.05) is 18.2 Å². The van der Waals surface area contributed by atoms with Crippen LogP contribution in [0.1, 0.15) is 39.7 Å². The number of carboxylic acids is 1.